The number of benzene rings is 2. The summed E-state index contributed by atoms with van der Waals surface area (Å²) in [5.41, 5.74) is 6.46. The van der Waals surface area contributed by atoms with Crippen molar-refractivity contribution in [3.8, 4) is 22.6 Å². The summed E-state index contributed by atoms with van der Waals surface area (Å²) in [6, 6.07) is 19.0. The summed E-state index contributed by atoms with van der Waals surface area (Å²) < 4.78 is 4.02. The van der Waals surface area contributed by atoms with E-state index < -0.39 is 13.7 Å². The first-order chi connectivity index (χ1) is 18.0. The third-order valence-electron chi connectivity index (χ3n) is 6.54. The maximum Gasteiger partial charge on any atom is 0.251 e. The first-order valence-electron chi connectivity index (χ1n) is 12.2. The Morgan fingerprint density at radius 1 is 1.05 bits per heavy atom. The summed E-state index contributed by atoms with van der Waals surface area (Å²) in [6.45, 7) is 6.64. The Labute approximate surface area is 232 Å². The predicted octanol–water partition coefficient (Wildman–Crippen LogP) is 6.17. The minimum Gasteiger partial charge on any atom is -0.374 e. The second-order valence-corrected chi connectivity index (χ2v) is 16.9. The lowest BCUT2D eigenvalue weighted by molar-refractivity contribution is 0.121. The molecule has 0 aliphatic carbocycles. The lowest BCUT2D eigenvalue weighted by atomic mass is 9.87. The summed E-state index contributed by atoms with van der Waals surface area (Å²) >= 11 is 7.63. The fraction of sp³-hybridized carbons (Fsp3) is 0.200. The molecule has 1 N–H and O–H groups in total. The van der Waals surface area contributed by atoms with E-state index >= 15 is 0 Å². The number of thiophene rings is 1. The average Bonchev–Trinajstić information content (AvgIpc) is 3.52. The van der Waals surface area contributed by atoms with E-state index in [-0.39, 0.29) is 5.56 Å². The molecule has 0 radical (unpaired) electrons. The molecular weight excluding hydrogens is 530 g/mol. The largest absolute Gasteiger partial charge is 0.374 e. The molecule has 0 saturated carbocycles. The molecule has 5 rings (SSSR count). The SMILES string of the molecule is Cn1cncc1C(O)(c1ccc2c(c1)c(-c1cccc(C#C[Si](C)(C)C)c1)cc(=O)n2C)c1ccc(Cl)s1. The van der Waals surface area contributed by atoms with Crippen molar-refractivity contribution in [2.75, 3.05) is 0 Å². The number of imidazole rings is 1. The van der Waals surface area contributed by atoms with Gasteiger partial charge in [0.1, 0.15) is 8.07 Å². The number of halogens is 1. The van der Waals surface area contributed by atoms with Gasteiger partial charge >= 0.3 is 0 Å². The summed E-state index contributed by atoms with van der Waals surface area (Å²) in [7, 11) is 2.07. The minimum atomic E-state index is -1.54. The van der Waals surface area contributed by atoms with E-state index in [1.165, 1.54) is 11.3 Å². The number of pyridine rings is 1. The van der Waals surface area contributed by atoms with Crippen LogP contribution in [0.5, 0.6) is 0 Å². The van der Waals surface area contributed by atoms with Gasteiger partial charge < -0.3 is 14.2 Å². The topological polar surface area (TPSA) is 60.0 Å². The van der Waals surface area contributed by atoms with Crippen LogP contribution < -0.4 is 5.56 Å². The van der Waals surface area contributed by atoms with E-state index in [1.54, 1.807) is 40.8 Å². The third kappa shape index (κ3) is 4.77. The molecule has 38 heavy (non-hydrogen) atoms. The molecule has 192 valence electrons. The van der Waals surface area contributed by atoms with Crippen molar-refractivity contribution in [2.24, 2.45) is 14.1 Å². The number of nitrogens with zero attached hydrogens (tertiary/aromatic N) is 3. The van der Waals surface area contributed by atoms with E-state index in [4.69, 9.17) is 11.6 Å². The van der Waals surface area contributed by atoms with Crippen LogP contribution in [-0.4, -0.2) is 27.3 Å². The molecule has 0 aliphatic heterocycles. The lowest BCUT2D eigenvalue weighted by Gasteiger charge is -2.28. The van der Waals surface area contributed by atoms with Crippen molar-refractivity contribution < 1.29 is 5.11 Å². The molecule has 0 bridgehead atoms. The first kappa shape index (κ1) is 26.2. The Balaban J connectivity index is 1.77. The molecule has 0 saturated heterocycles. The Morgan fingerprint density at radius 2 is 1.84 bits per heavy atom. The van der Waals surface area contributed by atoms with Gasteiger partial charge in [0, 0.05) is 36.0 Å². The van der Waals surface area contributed by atoms with Crippen LogP contribution in [0.15, 0.2) is 78.0 Å². The number of aliphatic hydroxyl groups is 1. The molecule has 5 nitrogen and oxygen atoms in total. The van der Waals surface area contributed by atoms with Crippen LogP contribution in [-0.2, 0) is 19.7 Å². The number of hydrogen-bond acceptors (Lipinski definition) is 4. The normalized spacial score (nSPS) is 13.2. The summed E-state index contributed by atoms with van der Waals surface area (Å²) in [5.74, 6) is 3.32. The van der Waals surface area contributed by atoms with Gasteiger partial charge in [-0.15, -0.1) is 16.9 Å². The Kier molecular flexibility index (Phi) is 6.70. The predicted molar refractivity (Wildman–Crippen MR) is 159 cm³/mol. The number of hydrogen-bond donors (Lipinski definition) is 1. The quantitative estimate of drug-likeness (QED) is 0.212. The van der Waals surface area contributed by atoms with Gasteiger partial charge in [0.15, 0.2) is 5.60 Å². The molecule has 3 aromatic heterocycles. The van der Waals surface area contributed by atoms with E-state index in [0.29, 0.717) is 20.5 Å². The third-order valence-corrected chi connectivity index (χ3v) is 8.75. The van der Waals surface area contributed by atoms with E-state index in [1.807, 2.05) is 55.6 Å². The zero-order valence-corrected chi connectivity index (χ0v) is 24.5. The van der Waals surface area contributed by atoms with E-state index in [9.17, 15) is 9.90 Å². The van der Waals surface area contributed by atoms with Crippen LogP contribution in [0.25, 0.3) is 22.0 Å². The van der Waals surface area contributed by atoms with Gasteiger partial charge in [0.25, 0.3) is 5.56 Å². The van der Waals surface area contributed by atoms with Gasteiger partial charge in [-0.25, -0.2) is 4.98 Å². The molecule has 1 unspecified atom stereocenters. The maximum absolute atomic E-state index is 13.0. The smallest absolute Gasteiger partial charge is 0.251 e. The van der Waals surface area contributed by atoms with Crippen molar-refractivity contribution in [3.63, 3.8) is 0 Å². The summed E-state index contributed by atoms with van der Waals surface area (Å²) in [4.78, 5) is 17.9. The Hall–Kier alpha value is -3.41. The van der Waals surface area contributed by atoms with Crippen LogP contribution in [0, 0.1) is 11.5 Å². The van der Waals surface area contributed by atoms with Crippen molar-refractivity contribution in [3.05, 3.63) is 110 Å². The molecule has 3 heterocycles. The lowest BCUT2D eigenvalue weighted by Crippen LogP contribution is -2.30. The van der Waals surface area contributed by atoms with Crippen LogP contribution in [0.1, 0.15) is 21.7 Å². The maximum atomic E-state index is 13.0. The molecule has 5 aromatic rings. The molecule has 0 spiro atoms. The number of fused-ring (bicyclic) bond motifs is 1. The fourth-order valence-corrected chi connectivity index (χ4v) is 6.26. The van der Waals surface area contributed by atoms with Crippen LogP contribution in [0.2, 0.25) is 24.0 Å². The number of aromatic nitrogens is 3. The Bertz CT molecular complexity index is 1800. The van der Waals surface area contributed by atoms with Gasteiger partial charge in [-0.05, 0) is 53.1 Å². The van der Waals surface area contributed by atoms with E-state index in [0.717, 1.165) is 27.6 Å². The van der Waals surface area contributed by atoms with Crippen molar-refractivity contribution in [1.29, 1.82) is 0 Å². The minimum absolute atomic E-state index is 0.106. The highest BCUT2D eigenvalue weighted by Gasteiger charge is 2.38. The van der Waals surface area contributed by atoms with Crippen molar-refractivity contribution in [2.45, 2.75) is 25.2 Å². The van der Waals surface area contributed by atoms with Crippen molar-refractivity contribution >= 4 is 41.9 Å². The zero-order chi connectivity index (χ0) is 27.2. The van der Waals surface area contributed by atoms with Gasteiger partial charge in [0.2, 0.25) is 0 Å². The average molecular weight is 558 g/mol. The summed E-state index contributed by atoms with van der Waals surface area (Å²) in [6.07, 6.45) is 3.33. The van der Waals surface area contributed by atoms with Crippen LogP contribution >= 0.6 is 22.9 Å². The fourth-order valence-electron chi connectivity index (χ4n) is 4.58. The second kappa shape index (κ2) is 9.72. The van der Waals surface area contributed by atoms with Crippen LogP contribution in [0.3, 0.4) is 0 Å². The molecule has 0 amide bonds. The highest BCUT2D eigenvalue weighted by Crippen LogP contribution is 2.42. The van der Waals surface area contributed by atoms with Gasteiger partial charge in [-0.2, -0.15) is 0 Å². The number of aryl methyl sites for hydroxylation is 2. The highest BCUT2D eigenvalue weighted by molar-refractivity contribution is 7.16. The molecule has 0 aliphatic rings. The zero-order valence-electron chi connectivity index (χ0n) is 21.9. The van der Waals surface area contributed by atoms with Gasteiger partial charge in [-0.1, -0.05) is 55.4 Å². The van der Waals surface area contributed by atoms with Crippen LogP contribution in [0.4, 0.5) is 0 Å². The molecule has 2 aromatic carbocycles. The standard InChI is InChI=1S/C30H28ClN3O2SSi/c1-33-19-32-18-26(33)30(36,27-11-12-28(31)37-27)22-9-10-25-24(16-22)23(17-29(35)34(25)2)21-8-6-7-20(15-21)13-14-38(3,4)5/h6-12,15-19,36H,1-5H3. The first-order valence-corrected chi connectivity index (χ1v) is 16.9. The monoisotopic (exact) mass is 557 g/mol. The van der Waals surface area contributed by atoms with Gasteiger partial charge in [-0.3, -0.25) is 4.79 Å². The van der Waals surface area contributed by atoms with Gasteiger partial charge in [0.05, 0.1) is 28.1 Å². The molecular formula is C30H28ClN3O2SSi. The molecule has 8 heteroatoms. The van der Waals surface area contributed by atoms with Crippen molar-refractivity contribution in [1.82, 2.24) is 14.1 Å². The number of rotatable bonds is 4. The molecule has 0 fully saturated rings. The molecule has 1 atom stereocenters. The van der Waals surface area contributed by atoms with E-state index in [2.05, 4.69) is 36.1 Å². The Morgan fingerprint density at radius 3 is 2.50 bits per heavy atom. The highest BCUT2D eigenvalue weighted by atomic mass is 35.5. The second-order valence-electron chi connectivity index (χ2n) is 10.5. The summed E-state index contributed by atoms with van der Waals surface area (Å²) in [5, 5.41) is 13.2.